The standard InChI is InChI=1S/C30H32N4O5/c1-19(2)16-17-32(29(35)22-11-10-20(3)27(18-22)34(37)38)21(4)28-31-26-9-7-6-8-25(26)30(36)33(28)23-12-14-24(39-5)15-13-23/h6-15,18-19,21H,16-17H2,1-5H3. The molecule has 1 heterocycles. The predicted molar refractivity (Wildman–Crippen MR) is 151 cm³/mol. The molecule has 3 aromatic carbocycles. The molecule has 0 aliphatic carbocycles. The zero-order valence-corrected chi connectivity index (χ0v) is 22.7. The Morgan fingerprint density at radius 2 is 1.77 bits per heavy atom. The van der Waals surface area contributed by atoms with E-state index < -0.39 is 11.0 Å². The maximum atomic E-state index is 13.9. The average Bonchev–Trinajstić information content (AvgIpc) is 2.93. The van der Waals surface area contributed by atoms with Crippen LogP contribution in [0, 0.1) is 23.0 Å². The molecule has 202 valence electrons. The number of nitro benzene ring substituents is 1. The molecule has 0 N–H and O–H groups in total. The maximum Gasteiger partial charge on any atom is 0.273 e. The van der Waals surface area contributed by atoms with Crippen LogP contribution in [-0.4, -0.2) is 38.9 Å². The van der Waals surface area contributed by atoms with E-state index in [0.29, 0.717) is 52.6 Å². The number of fused-ring (bicyclic) bond motifs is 1. The minimum absolute atomic E-state index is 0.115. The fraction of sp³-hybridized carbons (Fsp3) is 0.300. The minimum atomic E-state index is -0.629. The Morgan fingerprint density at radius 3 is 2.41 bits per heavy atom. The van der Waals surface area contributed by atoms with Crippen molar-refractivity contribution < 1.29 is 14.5 Å². The fourth-order valence-corrected chi connectivity index (χ4v) is 4.52. The predicted octanol–water partition coefficient (Wildman–Crippen LogP) is 5.86. The summed E-state index contributed by atoms with van der Waals surface area (Å²) >= 11 is 0. The molecule has 39 heavy (non-hydrogen) atoms. The summed E-state index contributed by atoms with van der Waals surface area (Å²) in [7, 11) is 1.57. The van der Waals surface area contributed by atoms with Crippen LogP contribution in [0.15, 0.2) is 71.5 Å². The molecule has 9 heteroatoms. The summed E-state index contributed by atoms with van der Waals surface area (Å²) in [4.78, 5) is 45.3. The summed E-state index contributed by atoms with van der Waals surface area (Å²) in [6.45, 7) is 7.97. The summed E-state index contributed by atoms with van der Waals surface area (Å²) in [6, 6.07) is 18.0. The molecule has 4 rings (SSSR count). The van der Waals surface area contributed by atoms with Crippen molar-refractivity contribution in [2.45, 2.75) is 40.2 Å². The van der Waals surface area contributed by atoms with E-state index in [4.69, 9.17) is 9.72 Å². The fourth-order valence-electron chi connectivity index (χ4n) is 4.52. The van der Waals surface area contributed by atoms with E-state index in [0.717, 1.165) is 0 Å². The van der Waals surface area contributed by atoms with Gasteiger partial charge in [-0.1, -0.05) is 32.0 Å². The number of benzene rings is 3. The number of hydrogen-bond donors (Lipinski definition) is 0. The zero-order chi connectivity index (χ0) is 28.3. The molecule has 0 saturated heterocycles. The Morgan fingerprint density at radius 1 is 1.08 bits per heavy atom. The number of amides is 1. The maximum absolute atomic E-state index is 13.9. The molecule has 4 aromatic rings. The first-order valence-electron chi connectivity index (χ1n) is 12.8. The van der Waals surface area contributed by atoms with Crippen LogP contribution >= 0.6 is 0 Å². The summed E-state index contributed by atoms with van der Waals surface area (Å²) in [5.74, 6) is 0.968. The molecule has 1 unspecified atom stereocenters. The van der Waals surface area contributed by atoms with Gasteiger partial charge in [-0.3, -0.25) is 24.3 Å². The highest BCUT2D eigenvalue weighted by atomic mass is 16.6. The van der Waals surface area contributed by atoms with Crippen LogP contribution in [0.25, 0.3) is 16.6 Å². The Hall–Kier alpha value is -4.53. The number of ether oxygens (including phenoxy) is 1. The van der Waals surface area contributed by atoms with Crippen LogP contribution in [0.3, 0.4) is 0 Å². The number of carbonyl (C=O) groups is 1. The average molecular weight is 529 g/mol. The highest BCUT2D eigenvalue weighted by Gasteiger charge is 2.29. The molecule has 0 aliphatic heterocycles. The van der Waals surface area contributed by atoms with Crippen LogP contribution < -0.4 is 10.3 Å². The van der Waals surface area contributed by atoms with E-state index in [1.165, 1.54) is 10.6 Å². The summed E-state index contributed by atoms with van der Waals surface area (Å²) in [5.41, 5.74) is 1.43. The van der Waals surface area contributed by atoms with Gasteiger partial charge in [-0.2, -0.15) is 0 Å². The first-order valence-corrected chi connectivity index (χ1v) is 12.8. The third kappa shape index (κ3) is 5.67. The van der Waals surface area contributed by atoms with Gasteiger partial charge in [0.15, 0.2) is 0 Å². The van der Waals surface area contributed by atoms with E-state index in [9.17, 15) is 19.7 Å². The SMILES string of the molecule is COc1ccc(-n2c(C(C)N(CCC(C)C)C(=O)c3ccc(C)c([N+](=O)[O-])c3)nc3ccccc3c2=O)cc1. The van der Waals surface area contributed by atoms with Crippen LogP contribution in [0.2, 0.25) is 0 Å². The topological polar surface area (TPSA) is 108 Å². The lowest BCUT2D eigenvalue weighted by atomic mass is 10.1. The van der Waals surface area contributed by atoms with Crippen molar-refractivity contribution in [3.05, 3.63) is 104 Å². The second kappa shape index (κ2) is 11.5. The van der Waals surface area contributed by atoms with Crippen molar-refractivity contribution in [3.63, 3.8) is 0 Å². The number of aryl methyl sites for hydroxylation is 1. The summed E-state index contributed by atoms with van der Waals surface area (Å²) in [5, 5.41) is 12.0. The van der Waals surface area contributed by atoms with Gasteiger partial charge in [-0.25, -0.2) is 4.98 Å². The largest absolute Gasteiger partial charge is 0.497 e. The van der Waals surface area contributed by atoms with E-state index in [2.05, 4.69) is 13.8 Å². The van der Waals surface area contributed by atoms with Crippen molar-refractivity contribution >= 4 is 22.5 Å². The zero-order valence-electron chi connectivity index (χ0n) is 22.7. The monoisotopic (exact) mass is 528 g/mol. The first kappa shape index (κ1) is 27.5. The lowest BCUT2D eigenvalue weighted by molar-refractivity contribution is -0.385. The van der Waals surface area contributed by atoms with Gasteiger partial charge in [0, 0.05) is 23.7 Å². The molecular formula is C30H32N4O5. The number of hydrogen-bond acceptors (Lipinski definition) is 6. The van der Waals surface area contributed by atoms with Crippen molar-refractivity contribution in [1.29, 1.82) is 0 Å². The van der Waals surface area contributed by atoms with Gasteiger partial charge < -0.3 is 9.64 Å². The summed E-state index contributed by atoms with van der Waals surface area (Å²) in [6.07, 6.45) is 0.699. The highest BCUT2D eigenvalue weighted by molar-refractivity contribution is 5.95. The Balaban J connectivity index is 1.89. The number of para-hydroxylation sites is 1. The van der Waals surface area contributed by atoms with Crippen LogP contribution in [-0.2, 0) is 0 Å². The number of nitro groups is 1. The first-order chi connectivity index (χ1) is 18.6. The van der Waals surface area contributed by atoms with Gasteiger partial charge in [-0.05, 0) is 68.7 Å². The Bertz CT molecular complexity index is 1580. The molecule has 1 atom stereocenters. The minimum Gasteiger partial charge on any atom is -0.497 e. The number of aromatic nitrogens is 2. The molecule has 0 spiro atoms. The molecular weight excluding hydrogens is 496 g/mol. The quantitative estimate of drug-likeness (QED) is 0.199. The Kier molecular flexibility index (Phi) is 8.09. The van der Waals surface area contributed by atoms with E-state index >= 15 is 0 Å². The molecule has 0 saturated carbocycles. The lowest BCUT2D eigenvalue weighted by Gasteiger charge is -2.31. The Labute approximate surface area is 226 Å². The molecule has 0 bridgehead atoms. The highest BCUT2D eigenvalue weighted by Crippen LogP contribution is 2.28. The summed E-state index contributed by atoms with van der Waals surface area (Å²) < 4.78 is 6.81. The van der Waals surface area contributed by atoms with E-state index in [-0.39, 0.29) is 22.7 Å². The van der Waals surface area contributed by atoms with Crippen molar-refractivity contribution in [2.75, 3.05) is 13.7 Å². The number of carbonyl (C=O) groups excluding carboxylic acids is 1. The molecule has 1 aromatic heterocycles. The second-order valence-corrected chi connectivity index (χ2v) is 9.94. The molecule has 1 amide bonds. The van der Waals surface area contributed by atoms with Gasteiger partial charge in [0.05, 0.1) is 34.7 Å². The van der Waals surface area contributed by atoms with E-state index in [1.54, 1.807) is 73.5 Å². The number of nitrogens with zero attached hydrogens (tertiary/aromatic N) is 4. The van der Waals surface area contributed by atoms with Crippen molar-refractivity contribution in [3.8, 4) is 11.4 Å². The molecule has 0 aliphatic rings. The van der Waals surface area contributed by atoms with Crippen LogP contribution in [0.5, 0.6) is 5.75 Å². The van der Waals surface area contributed by atoms with Crippen LogP contribution in [0.1, 0.15) is 55.0 Å². The lowest BCUT2D eigenvalue weighted by Crippen LogP contribution is -2.38. The second-order valence-electron chi connectivity index (χ2n) is 9.94. The number of rotatable bonds is 9. The van der Waals surface area contributed by atoms with Gasteiger partial charge in [0.2, 0.25) is 0 Å². The third-order valence-corrected chi connectivity index (χ3v) is 6.83. The number of methoxy groups -OCH3 is 1. The van der Waals surface area contributed by atoms with Crippen molar-refractivity contribution in [1.82, 2.24) is 14.5 Å². The third-order valence-electron chi connectivity index (χ3n) is 6.83. The molecule has 0 radical (unpaired) electrons. The molecule has 0 fully saturated rings. The van der Waals surface area contributed by atoms with Crippen LogP contribution in [0.4, 0.5) is 5.69 Å². The van der Waals surface area contributed by atoms with Gasteiger partial charge in [-0.15, -0.1) is 0 Å². The van der Waals surface area contributed by atoms with Gasteiger partial charge in [0.25, 0.3) is 17.2 Å². The molecule has 9 nitrogen and oxygen atoms in total. The van der Waals surface area contributed by atoms with Gasteiger partial charge >= 0.3 is 0 Å². The van der Waals surface area contributed by atoms with E-state index in [1.807, 2.05) is 13.0 Å². The van der Waals surface area contributed by atoms with Gasteiger partial charge in [0.1, 0.15) is 11.6 Å². The smallest absolute Gasteiger partial charge is 0.273 e. The normalized spacial score (nSPS) is 11.9. The van der Waals surface area contributed by atoms with Crippen molar-refractivity contribution in [2.24, 2.45) is 5.92 Å².